The Bertz CT molecular complexity index is 1140. The number of hydrogen-bond acceptors (Lipinski definition) is 7. The molecular formula is C22H22Cl2N4O5S. The summed E-state index contributed by atoms with van der Waals surface area (Å²) in [6.07, 6.45) is 1.59. The zero-order valence-electron chi connectivity index (χ0n) is 18.2. The topological polar surface area (TPSA) is 114 Å². The number of methoxy groups -OCH3 is 1. The Kier molecular flexibility index (Phi) is 9.46. The fourth-order valence-electron chi connectivity index (χ4n) is 2.87. The first-order valence-corrected chi connectivity index (χ1v) is 11.8. The predicted octanol–water partition coefficient (Wildman–Crippen LogP) is 3.63. The van der Waals surface area contributed by atoms with Crippen molar-refractivity contribution in [3.05, 3.63) is 69.0 Å². The summed E-state index contributed by atoms with van der Waals surface area (Å²) in [6.45, 7) is 0.502. The molecule has 0 aliphatic rings. The summed E-state index contributed by atoms with van der Waals surface area (Å²) >= 11 is 13.1. The molecule has 0 atom stereocenters. The van der Waals surface area contributed by atoms with Crippen LogP contribution in [0.4, 0.5) is 5.13 Å². The molecule has 34 heavy (non-hydrogen) atoms. The number of aromatic nitrogens is 1. The van der Waals surface area contributed by atoms with Gasteiger partial charge in [-0.15, -0.1) is 11.3 Å². The first-order chi connectivity index (χ1) is 16.4. The molecule has 2 N–H and O–H groups in total. The van der Waals surface area contributed by atoms with Crippen LogP contribution in [0.3, 0.4) is 0 Å². The molecule has 3 aromatic rings. The molecule has 0 aliphatic heterocycles. The second kappa shape index (κ2) is 12.5. The van der Waals surface area contributed by atoms with Gasteiger partial charge in [0.2, 0.25) is 11.8 Å². The minimum absolute atomic E-state index is 0.0584. The van der Waals surface area contributed by atoms with Crippen LogP contribution in [0.2, 0.25) is 10.0 Å². The van der Waals surface area contributed by atoms with E-state index in [1.807, 2.05) is 0 Å². The van der Waals surface area contributed by atoms with Crippen LogP contribution in [0.15, 0.2) is 46.4 Å². The average Bonchev–Trinajstić information content (AvgIpc) is 3.48. The van der Waals surface area contributed by atoms with Crippen molar-refractivity contribution in [2.24, 2.45) is 0 Å². The molecule has 1 aromatic carbocycles. The molecule has 9 nitrogen and oxygen atoms in total. The maximum Gasteiger partial charge on any atom is 0.254 e. The maximum absolute atomic E-state index is 12.9. The van der Waals surface area contributed by atoms with Gasteiger partial charge in [0.1, 0.15) is 12.3 Å². The number of furan rings is 1. The van der Waals surface area contributed by atoms with Crippen molar-refractivity contribution < 1.29 is 23.5 Å². The first kappa shape index (κ1) is 25.7. The Hall–Kier alpha value is -2.92. The molecule has 180 valence electrons. The molecule has 0 bridgehead atoms. The number of rotatable bonds is 11. The molecule has 0 radical (unpaired) electrons. The van der Waals surface area contributed by atoms with Gasteiger partial charge < -0.3 is 24.7 Å². The van der Waals surface area contributed by atoms with E-state index in [0.29, 0.717) is 27.2 Å². The fraction of sp³-hybridized carbons (Fsp3) is 0.273. The molecule has 0 fully saturated rings. The smallest absolute Gasteiger partial charge is 0.254 e. The van der Waals surface area contributed by atoms with Gasteiger partial charge in [-0.3, -0.25) is 14.4 Å². The number of nitrogens with zero attached hydrogens (tertiary/aromatic N) is 2. The number of anilines is 1. The van der Waals surface area contributed by atoms with Crippen molar-refractivity contribution in [3.8, 4) is 0 Å². The van der Waals surface area contributed by atoms with Crippen LogP contribution in [-0.4, -0.2) is 54.4 Å². The third kappa shape index (κ3) is 7.56. The minimum Gasteiger partial charge on any atom is -0.467 e. The number of hydrogen-bond donors (Lipinski definition) is 2. The summed E-state index contributed by atoms with van der Waals surface area (Å²) in [6, 6.07) is 8.02. The standard InChI is InChI=1S/C22H22Cl2N4O5S/c1-32-8-6-28(21(31)14-4-5-17(23)18(24)9-14)12-20(30)27-22-26-15(13-34-22)10-19(29)25-11-16-3-2-7-33-16/h2-5,7,9,13H,6,8,10-12H2,1H3,(H,25,29)(H,26,27,30). The number of nitrogens with one attached hydrogen (secondary N) is 2. The molecule has 2 heterocycles. The van der Waals surface area contributed by atoms with Crippen molar-refractivity contribution in [2.75, 3.05) is 32.1 Å². The molecular weight excluding hydrogens is 503 g/mol. The molecule has 0 spiro atoms. The van der Waals surface area contributed by atoms with Crippen LogP contribution in [0, 0.1) is 0 Å². The van der Waals surface area contributed by atoms with Gasteiger partial charge >= 0.3 is 0 Å². The summed E-state index contributed by atoms with van der Waals surface area (Å²) in [7, 11) is 1.50. The van der Waals surface area contributed by atoms with Crippen molar-refractivity contribution in [3.63, 3.8) is 0 Å². The molecule has 3 amide bonds. The summed E-state index contributed by atoms with van der Waals surface area (Å²) in [5.74, 6) is -0.405. The number of amides is 3. The van der Waals surface area contributed by atoms with Crippen LogP contribution in [0.5, 0.6) is 0 Å². The van der Waals surface area contributed by atoms with Gasteiger partial charge in [0.25, 0.3) is 5.91 Å². The number of thiazole rings is 1. The zero-order valence-corrected chi connectivity index (χ0v) is 20.5. The maximum atomic E-state index is 12.9. The molecule has 2 aromatic heterocycles. The van der Waals surface area contributed by atoms with Crippen molar-refractivity contribution >= 4 is 57.4 Å². The average molecular weight is 525 g/mol. The molecule has 0 unspecified atom stereocenters. The van der Waals surface area contributed by atoms with E-state index in [1.165, 1.54) is 47.8 Å². The highest BCUT2D eigenvalue weighted by Gasteiger charge is 2.20. The number of halogens is 2. The van der Waals surface area contributed by atoms with Crippen LogP contribution in [0.1, 0.15) is 21.8 Å². The third-order valence-electron chi connectivity index (χ3n) is 4.53. The molecule has 0 aliphatic carbocycles. The third-order valence-corrected chi connectivity index (χ3v) is 6.08. The summed E-state index contributed by atoms with van der Waals surface area (Å²) in [5.41, 5.74) is 0.816. The second-order valence-electron chi connectivity index (χ2n) is 7.07. The van der Waals surface area contributed by atoms with E-state index in [9.17, 15) is 14.4 Å². The lowest BCUT2D eigenvalue weighted by Gasteiger charge is -2.22. The van der Waals surface area contributed by atoms with E-state index in [-0.39, 0.29) is 49.5 Å². The number of ether oxygens (including phenoxy) is 1. The molecule has 3 rings (SSSR count). The lowest BCUT2D eigenvalue weighted by Crippen LogP contribution is -2.40. The van der Waals surface area contributed by atoms with Gasteiger partial charge in [0.05, 0.1) is 41.6 Å². The van der Waals surface area contributed by atoms with E-state index >= 15 is 0 Å². The van der Waals surface area contributed by atoms with E-state index in [4.69, 9.17) is 32.4 Å². The summed E-state index contributed by atoms with van der Waals surface area (Å²) < 4.78 is 10.2. The lowest BCUT2D eigenvalue weighted by molar-refractivity contribution is -0.120. The highest BCUT2D eigenvalue weighted by Crippen LogP contribution is 2.23. The van der Waals surface area contributed by atoms with E-state index < -0.39 is 5.91 Å². The minimum atomic E-state index is -0.437. The van der Waals surface area contributed by atoms with Crippen molar-refractivity contribution in [1.29, 1.82) is 0 Å². The Morgan fingerprint density at radius 2 is 2.00 bits per heavy atom. The van der Waals surface area contributed by atoms with Gasteiger partial charge in [0, 0.05) is 24.6 Å². The van der Waals surface area contributed by atoms with Gasteiger partial charge in [-0.25, -0.2) is 4.98 Å². The van der Waals surface area contributed by atoms with Gasteiger partial charge in [-0.1, -0.05) is 23.2 Å². The Morgan fingerprint density at radius 1 is 1.18 bits per heavy atom. The van der Waals surface area contributed by atoms with Crippen LogP contribution >= 0.6 is 34.5 Å². The molecule has 0 saturated carbocycles. The lowest BCUT2D eigenvalue weighted by atomic mass is 10.2. The SMILES string of the molecule is COCCN(CC(=O)Nc1nc(CC(=O)NCc2ccco2)cs1)C(=O)c1ccc(Cl)c(Cl)c1. The normalized spacial score (nSPS) is 10.7. The number of benzene rings is 1. The monoisotopic (exact) mass is 524 g/mol. The van der Waals surface area contributed by atoms with E-state index in [1.54, 1.807) is 17.5 Å². The predicted molar refractivity (Wildman–Crippen MR) is 129 cm³/mol. The van der Waals surface area contributed by atoms with Crippen molar-refractivity contribution in [1.82, 2.24) is 15.2 Å². The highest BCUT2D eigenvalue weighted by molar-refractivity contribution is 7.13. The summed E-state index contributed by atoms with van der Waals surface area (Å²) in [5, 5.41) is 7.98. The van der Waals surface area contributed by atoms with Crippen LogP contribution in [0.25, 0.3) is 0 Å². The first-order valence-electron chi connectivity index (χ1n) is 10.1. The molecule has 12 heteroatoms. The zero-order chi connectivity index (χ0) is 24.5. The van der Waals surface area contributed by atoms with Gasteiger partial charge in [-0.2, -0.15) is 0 Å². The quantitative estimate of drug-likeness (QED) is 0.395. The second-order valence-corrected chi connectivity index (χ2v) is 8.75. The Morgan fingerprint density at radius 3 is 2.71 bits per heavy atom. The number of carbonyl (C=O) groups excluding carboxylic acids is 3. The summed E-state index contributed by atoms with van der Waals surface area (Å²) in [4.78, 5) is 43.2. The van der Waals surface area contributed by atoms with Crippen molar-refractivity contribution in [2.45, 2.75) is 13.0 Å². The number of carbonyl (C=O) groups is 3. The van der Waals surface area contributed by atoms with Crippen LogP contribution < -0.4 is 10.6 Å². The van der Waals surface area contributed by atoms with Crippen LogP contribution in [-0.2, 0) is 27.3 Å². The van der Waals surface area contributed by atoms with Gasteiger partial charge in [0.15, 0.2) is 5.13 Å². The van der Waals surface area contributed by atoms with E-state index in [2.05, 4.69) is 15.6 Å². The highest BCUT2D eigenvalue weighted by atomic mass is 35.5. The Labute approximate surface area is 210 Å². The fourth-order valence-corrected chi connectivity index (χ4v) is 3.89. The van der Waals surface area contributed by atoms with E-state index in [0.717, 1.165) is 0 Å². The Balaban J connectivity index is 1.55. The largest absolute Gasteiger partial charge is 0.467 e. The van der Waals surface area contributed by atoms with Gasteiger partial charge in [-0.05, 0) is 30.3 Å². The molecule has 0 saturated heterocycles.